The van der Waals surface area contributed by atoms with Crippen molar-refractivity contribution in [2.75, 3.05) is 21.3 Å². The monoisotopic (exact) mass is 543 g/mol. The molecule has 3 rings (SSSR count). The van der Waals surface area contributed by atoms with Crippen molar-refractivity contribution in [3.05, 3.63) is 44.9 Å². The summed E-state index contributed by atoms with van der Waals surface area (Å²) in [6, 6.07) is 3.54. The number of nitrogens with zero attached hydrogens (tertiary/aromatic N) is 4. The van der Waals surface area contributed by atoms with Crippen molar-refractivity contribution >= 4 is 17.1 Å². The van der Waals surface area contributed by atoms with E-state index in [1.165, 1.54) is 9.13 Å². The molecule has 0 bridgehead atoms. The summed E-state index contributed by atoms with van der Waals surface area (Å²) in [6.45, 7) is 0.735. The Labute approximate surface area is 228 Å². The van der Waals surface area contributed by atoms with Gasteiger partial charge in [-0.3, -0.25) is 18.7 Å². The lowest BCUT2D eigenvalue weighted by Crippen LogP contribution is -2.39. The van der Waals surface area contributed by atoms with Gasteiger partial charge in [0.15, 0.2) is 11.2 Å². The van der Waals surface area contributed by atoms with E-state index in [4.69, 9.17) is 14.2 Å². The molecule has 1 aromatic carbocycles. The number of imidazole rings is 1. The van der Waals surface area contributed by atoms with Crippen molar-refractivity contribution in [2.45, 2.75) is 70.9 Å². The van der Waals surface area contributed by atoms with Gasteiger partial charge in [0, 0.05) is 39.2 Å². The van der Waals surface area contributed by atoms with E-state index in [0.717, 1.165) is 56.9 Å². The third-order valence-corrected chi connectivity index (χ3v) is 7.02. The van der Waals surface area contributed by atoms with Gasteiger partial charge in [-0.15, -0.1) is 0 Å². The molecule has 11 heteroatoms. The van der Waals surface area contributed by atoms with Crippen molar-refractivity contribution in [1.29, 1.82) is 0 Å². The average Bonchev–Trinajstić information content (AvgIpc) is 3.34. The van der Waals surface area contributed by atoms with E-state index in [1.807, 2.05) is 0 Å². The highest BCUT2D eigenvalue weighted by Crippen LogP contribution is 2.33. The number of methoxy groups -OCH3 is 3. The highest BCUT2D eigenvalue weighted by molar-refractivity contribution is 5.76. The number of nitrogens with one attached hydrogen (secondary N) is 1. The van der Waals surface area contributed by atoms with Gasteiger partial charge in [-0.2, -0.15) is 0 Å². The highest BCUT2D eigenvalue weighted by atomic mass is 16.5. The maximum atomic E-state index is 12.7. The first-order valence-corrected chi connectivity index (χ1v) is 13.5. The number of benzene rings is 1. The Morgan fingerprint density at radius 3 is 2.05 bits per heavy atom. The van der Waals surface area contributed by atoms with Crippen LogP contribution >= 0.6 is 0 Å². The minimum Gasteiger partial charge on any atom is -0.496 e. The van der Waals surface area contributed by atoms with Crippen LogP contribution in [0, 0.1) is 0 Å². The molecule has 0 saturated carbocycles. The quantitative estimate of drug-likeness (QED) is 0.275. The van der Waals surface area contributed by atoms with Gasteiger partial charge in [-0.05, 0) is 12.8 Å². The predicted molar refractivity (Wildman–Crippen MR) is 150 cm³/mol. The largest absolute Gasteiger partial charge is 0.496 e. The molecule has 0 unspecified atom stereocenters. The summed E-state index contributed by atoms with van der Waals surface area (Å²) in [5.74, 6) is 1.84. The number of carbonyl (C=O) groups is 1. The van der Waals surface area contributed by atoms with Crippen LogP contribution in [0.1, 0.15) is 63.4 Å². The molecule has 214 valence electrons. The van der Waals surface area contributed by atoms with Crippen LogP contribution in [0.25, 0.3) is 11.2 Å². The second kappa shape index (κ2) is 14.4. The maximum absolute atomic E-state index is 12.7. The molecule has 0 aliphatic carbocycles. The van der Waals surface area contributed by atoms with Gasteiger partial charge in [0.05, 0.1) is 39.8 Å². The van der Waals surface area contributed by atoms with Gasteiger partial charge in [0.2, 0.25) is 5.91 Å². The molecule has 11 nitrogen and oxygen atoms in total. The Morgan fingerprint density at radius 1 is 0.872 bits per heavy atom. The molecule has 3 aromatic rings. The fourth-order valence-electron chi connectivity index (χ4n) is 4.74. The van der Waals surface area contributed by atoms with Crippen molar-refractivity contribution in [2.24, 2.45) is 14.1 Å². The van der Waals surface area contributed by atoms with Gasteiger partial charge in [-0.1, -0.05) is 38.5 Å². The molecule has 0 radical (unpaired) electrons. The number of amides is 1. The first kappa shape index (κ1) is 29.8. The van der Waals surface area contributed by atoms with E-state index in [1.54, 1.807) is 58.5 Å². The number of hydrogen-bond acceptors (Lipinski definition) is 7. The van der Waals surface area contributed by atoms with Gasteiger partial charge in [-0.25, -0.2) is 9.78 Å². The Balaban J connectivity index is 1.30. The van der Waals surface area contributed by atoms with Crippen molar-refractivity contribution in [3.63, 3.8) is 0 Å². The zero-order chi connectivity index (χ0) is 28.4. The van der Waals surface area contributed by atoms with Gasteiger partial charge in [0.25, 0.3) is 5.56 Å². The van der Waals surface area contributed by atoms with Crippen LogP contribution in [0.4, 0.5) is 0 Å². The first-order chi connectivity index (χ1) is 18.8. The molecular formula is C28H41N5O6. The van der Waals surface area contributed by atoms with Crippen LogP contribution in [0.5, 0.6) is 17.2 Å². The number of hydrogen-bond donors (Lipinski definition) is 1. The van der Waals surface area contributed by atoms with Gasteiger partial charge >= 0.3 is 5.69 Å². The number of rotatable bonds is 16. The van der Waals surface area contributed by atoms with Crippen LogP contribution in [0.3, 0.4) is 0 Å². The molecule has 1 N–H and O–H groups in total. The molecule has 0 spiro atoms. The van der Waals surface area contributed by atoms with Crippen molar-refractivity contribution in [1.82, 2.24) is 24.0 Å². The summed E-state index contributed by atoms with van der Waals surface area (Å²) in [5, 5.41) is 2.95. The van der Waals surface area contributed by atoms with E-state index < -0.39 is 0 Å². The third kappa shape index (κ3) is 7.42. The topological polar surface area (TPSA) is 119 Å². The molecule has 0 aliphatic rings. The van der Waals surface area contributed by atoms with Crippen LogP contribution < -0.4 is 30.8 Å². The Bertz CT molecular complexity index is 1350. The fourth-order valence-corrected chi connectivity index (χ4v) is 4.74. The molecular weight excluding hydrogens is 502 g/mol. The second-order valence-corrected chi connectivity index (χ2v) is 9.69. The Hall–Kier alpha value is -3.76. The molecule has 39 heavy (non-hydrogen) atoms. The van der Waals surface area contributed by atoms with E-state index in [2.05, 4.69) is 10.3 Å². The lowest BCUT2D eigenvalue weighted by Gasteiger charge is -2.15. The molecule has 1 amide bonds. The smallest absolute Gasteiger partial charge is 0.332 e. The zero-order valence-corrected chi connectivity index (χ0v) is 23.7. The maximum Gasteiger partial charge on any atom is 0.332 e. The predicted octanol–water partition coefficient (Wildman–Crippen LogP) is 3.29. The number of aromatic nitrogens is 4. The standard InChI is InChI=1S/C28H41N5O6/c1-31-19-30-26-25(31)27(35)33(28(36)32(26)2)15-13-11-9-7-6-8-10-12-14-24(34)29-18-21-22(38-4)16-20(37-3)17-23(21)39-5/h16-17,19H,6-15,18H2,1-5H3,(H,29,34). The Kier molecular flexibility index (Phi) is 11.0. The molecule has 2 aromatic heterocycles. The lowest BCUT2D eigenvalue weighted by atomic mass is 10.1. The number of unbranched alkanes of at least 4 members (excludes halogenated alkanes) is 7. The van der Waals surface area contributed by atoms with E-state index >= 15 is 0 Å². The minimum absolute atomic E-state index is 0.000574. The molecule has 0 saturated heterocycles. The van der Waals surface area contributed by atoms with Crippen LogP contribution in [-0.4, -0.2) is 45.9 Å². The van der Waals surface area contributed by atoms with Crippen LogP contribution in [0.2, 0.25) is 0 Å². The number of ether oxygens (including phenoxy) is 3. The molecule has 0 aliphatic heterocycles. The Morgan fingerprint density at radius 2 is 1.46 bits per heavy atom. The summed E-state index contributed by atoms with van der Waals surface area (Å²) < 4.78 is 20.5. The van der Waals surface area contributed by atoms with Crippen molar-refractivity contribution in [3.8, 4) is 17.2 Å². The van der Waals surface area contributed by atoms with Crippen LogP contribution in [-0.2, 0) is 32.0 Å². The molecule has 0 fully saturated rings. The summed E-state index contributed by atoms with van der Waals surface area (Å²) >= 11 is 0. The fraction of sp³-hybridized carbons (Fsp3) is 0.571. The zero-order valence-electron chi connectivity index (χ0n) is 23.7. The number of aryl methyl sites for hydroxylation is 2. The van der Waals surface area contributed by atoms with Crippen molar-refractivity contribution < 1.29 is 19.0 Å². The third-order valence-electron chi connectivity index (χ3n) is 7.02. The second-order valence-electron chi connectivity index (χ2n) is 9.69. The molecule has 0 atom stereocenters. The average molecular weight is 544 g/mol. The van der Waals surface area contributed by atoms with Gasteiger partial charge in [0.1, 0.15) is 17.2 Å². The number of carbonyl (C=O) groups excluding carboxylic acids is 1. The van der Waals surface area contributed by atoms with E-state index in [9.17, 15) is 14.4 Å². The van der Waals surface area contributed by atoms with E-state index in [0.29, 0.717) is 47.9 Å². The first-order valence-electron chi connectivity index (χ1n) is 13.5. The number of fused-ring (bicyclic) bond motifs is 1. The molecule has 2 heterocycles. The highest BCUT2D eigenvalue weighted by Gasteiger charge is 2.15. The summed E-state index contributed by atoms with van der Waals surface area (Å²) in [4.78, 5) is 41.8. The summed E-state index contributed by atoms with van der Waals surface area (Å²) in [6.07, 6.45) is 9.93. The van der Waals surface area contributed by atoms with E-state index in [-0.39, 0.29) is 17.2 Å². The minimum atomic E-state index is -0.322. The SMILES string of the molecule is COc1cc(OC)c(CNC(=O)CCCCCCCCCCn2c(=O)c3c(ncn3C)n(C)c2=O)c(OC)c1. The summed E-state index contributed by atoms with van der Waals surface area (Å²) in [5.41, 5.74) is 1.04. The normalized spacial score (nSPS) is 11.1. The van der Waals surface area contributed by atoms with Gasteiger partial charge < -0.3 is 24.1 Å². The summed E-state index contributed by atoms with van der Waals surface area (Å²) in [7, 11) is 8.13. The van der Waals surface area contributed by atoms with Crippen LogP contribution in [0.15, 0.2) is 28.0 Å². The lowest BCUT2D eigenvalue weighted by molar-refractivity contribution is -0.121.